The maximum absolute atomic E-state index is 12.4. The Morgan fingerprint density at radius 1 is 1.55 bits per heavy atom. The van der Waals surface area contributed by atoms with Crippen LogP contribution in [0.2, 0.25) is 0 Å². The monoisotopic (exact) mass is 173 g/mol. The highest BCUT2D eigenvalue weighted by Gasteiger charge is 1.94. The summed E-state index contributed by atoms with van der Waals surface area (Å²) in [6, 6.07) is 1.29. The van der Waals surface area contributed by atoms with Crippen LogP contribution in [0.15, 0.2) is 18.5 Å². The molecule has 0 amide bonds. The van der Waals surface area contributed by atoms with Crippen LogP contribution in [0.1, 0.15) is 0 Å². The summed E-state index contributed by atoms with van der Waals surface area (Å²) in [7, 11) is 0. The molecule has 1 aromatic rings. The van der Waals surface area contributed by atoms with Crippen molar-refractivity contribution in [2.75, 3.05) is 12.4 Å². The van der Waals surface area contributed by atoms with Crippen LogP contribution in [0.4, 0.5) is 4.39 Å². The molecule has 0 radical (unpaired) electrons. The molecule has 0 bridgehead atoms. The van der Waals surface area contributed by atoms with Crippen molar-refractivity contribution < 1.29 is 9.13 Å². The van der Waals surface area contributed by atoms with Gasteiger partial charge in [0.2, 0.25) is 0 Å². The number of nitrogens with zero attached hydrogens (tertiary/aromatic N) is 1. The van der Waals surface area contributed by atoms with Crippen molar-refractivity contribution in [1.82, 2.24) is 4.98 Å². The molecule has 0 aliphatic heterocycles. The molecule has 0 fully saturated rings. The minimum atomic E-state index is -0.387. The summed E-state index contributed by atoms with van der Waals surface area (Å²) < 4.78 is 17.5. The summed E-state index contributed by atoms with van der Waals surface area (Å²) in [5.74, 6) is 0.664. The Labute approximate surface area is 69.8 Å². The number of pyridine rings is 1. The second kappa shape index (κ2) is 4.18. The summed E-state index contributed by atoms with van der Waals surface area (Å²) in [4.78, 5) is 3.61. The number of hydrogen-bond donors (Lipinski definition) is 1. The van der Waals surface area contributed by atoms with Gasteiger partial charge in [0, 0.05) is 11.8 Å². The summed E-state index contributed by atoms with van der Waals surface area (Å²) in [6.07, 6.45) is 2.60. The summed E-state index contributed by atoms with van der Waals surface area (Å²) >= 11 is 3.94. The number of halogens is 1. The molecule has 0 aromatic carbocycles. The van der Waals surface area contributed by atoms with Crippen LogP contribution < -0.4 is 4.74 Å². The lowest BCUT2D eigenvalue weighted by Crippen LogP contribution is -1.98. The van der Waals surface area contributed by atoms with E-state index < -0.39 is 0 Å². The fourth-order valence-corrected chi connectivity index (χ4v) is 0.726. The van der Waals surface area contributed by atoms with E-state index in [1.165, 1.54) is 12.3 Å². The maximum atomic E-state index is 12.4. The topological polar surface area (TPSA) is 22.1 Å². The van der Waals surface area contributed by atoms with Crippen LogP contribution in [0, 0.1) is 5.82 Å². The quantitative estimate of drug-likeness (QED) is 0.700. The van der Waals surface area contributed by atoms with E-state index in [0.717, 1.165) is 6.20 Å². The molecular weight excluding hydrogens is 165 g/mol. The molecule has 0 unspecified atom stereocenters. The van der Waals surface area contributed by atoms with Gasteiger partial charge in [-0.05, 0) is 0 Å². The highest BCUT2D eigenvalue weighted by atomic mass is 32.1. The number of rotatable bonds is 3. The van der Waals surface area contributed by atoms with Crippen molar-refractivity contribution >= 4 is 12.6 Å². The first-order valence-corrected chi connectivity index (χ1v) is 3.80. The van der Waals surface area contributed by atoms with E-state index in [0.29, 0.717) is 18.1 Å². The molecule has 1 rings (SSSR count). The van der Waals surface area contributed by atoms with Gasteiger partial charge in [-0.15, -0.1) is 0 Å². The van der Waals surface area contributed by atoms with Gasteiger partial charge in [0.05, 0.1) is 19.0 Å². The van der Waals surface area contributed by atoms with Gasteiger partial charge in [-0.25, -0.2) is 4.39 Å². The van der Waals surface area contributed by atoms with Crippen LogP contribution in [0.5, 0.6) is 5.75 Å². The van der Waals surface area contributed by atoms with Gasteiger partial charge in [-0.2, -0.15) is 12.6 Å². The van der Waals surface area contributed by atoms with E-state index in [4.69, 9.17) is 4.74 Å². The van der Waals surface area contributed by atoms with Gasteiger partial charge >= 0.3 is 0 Å². The second-order valence-electron chi connectivity index (χ2n) is 1.91. The van der Waals surface area contributed by atoms with Gasteiger partial charge in [-0.1, -0.05) is 0 Å². The van der Waals surface area contributed by atoms with Crippen molar-refractivity contribution in [3.63, 3.8) is 0 Å². The van der Waals surface area contributed by atoms with E-state index in [2.05, 4.69) is 17.6 Å². The van der Waals surface area contributed by atoms with Crippen molar-refractivity contribution in [3.8, 4) is 5.75 Å². The highest BCUT2D eigenvalue weighted by Crippen LogP contribution is 2.09. The molecule has 4 heteroatoms. The van der Waals surface area contributed by atoms with Crippen LogP contribution in [-0.4, -0.2) is 17.3 Å². The van der Waals surface area contributed by atoms with Crippen LogP contribution >= 0.6 is 12.6 Å². The molecule has 0 spiro atoms. The lowest BCUT2D eigenvalue weighted by Gasteiger charge is -2.01. The normalized spacial score (nSPS) is 9.64. The second-order valence-corrected chi connectivity index (χ2v) is 2.36. The fourth-order valence-electron chi connectivity index (χ4n) is 0.635. The predicted octanol–water partition coefficient (Wildman–Crippen LogP) is 1.53. The van der Waals surface area contributed by atoms with E-state index in [-0.39, 0.29) is 5.82 Å². The standard InChI is InChI=1S/C7H8FNOS/c8-6-3-7(5-9-4-6)10-1-2-11/h3-5,11H,1-2H2. The van der Waals surface area contributed by atoms with E-state index in [9.17, 15) is 4.39 Å². The Balaban J connectivity index is 2.56. The smallest absolute Gasteiger partial charge is 0.145 e. The van der Waals surface area contributed by atoms with Gasteiger partial charge in [0.15, 0.2) is 0 Å². The number of hydrogen-bond acceptors (Lipinski definition) is 3. The SMILES string of the molecule is Fc1cncc(OCCS)c1. The molecule has 0 aliphatic carbocycles. The third-order valence-corrected chi connectivity index (χ3v) is 1.22. The Morgan fingerprint density at radius 2 is 2.36 bits per heavy atom. The summed E-state index contributed by atoms with van der Waals surface area (Å²) in [5.41, 5.74) is 0. The van der Waals surface area contributed by atoms with E-state index >= 15 is 0 Å². The Hall–Kier alpha value is -0.770. The first-order chi connectivity index (χ1) is 5.33. The number of aromatic nitrogens is 1. The fraction of sp³-hybridized carbons (Fsp3) is 0.286. The third kappa shape index (κ3) is 2.76. The van der Waals surface area contributed by atoms with Crippen molar-refractivity contribution in [2.24, 2.45) is 0 Å². The van der Waals surface area contributed by atoms with Gasteiger partial charge in [-0.3, -0.25) is 4.98 Å². The molecule has 60 valence electrons. The third-order valence-electron chi connectivity index (χ3n) is 1.04. The van der Waals surface area contributed by atoms with Gasteiger partial charge in [0.1, 0.15) is 11.6 Å². The van der Waals surface area contributed by atoms with Crippen LogP contribution in [0.25, 0.3) is 0 Å². The van der Waals surface area contributed by atoms with Crippen molar-refractivity contribution in [1.29, 1.82) is 0 Å². The molecule has 0 aliphatic rings. The first kappa shape index (κ1) is 8.33. The van der Waals surface area contributed by atoms with Crippen LogP contribution in [0.3, 0.4) is 0 Å². The van der Waals surface area contributed by atoms with E-state index in [1.54, 1.807) is 0 Å². The molecule has 2 nitrogen and oxygen atoms in total. The number of ether oxygens (including phenoxy) is 1. The van der Waals surface area contributed by atoms with Gasteiger partial charge in [0.25, 0.3) is 0 Å². The summed E-state index contributed by atoms with van der Waals surface area (Å²) in [5, 5.41) is 0. The first-order valence-electron chi connectivity index (χ1n) is 3.17. The minimum Gasteiger partial charge on any atom is -0.491 e. The molecule has 1 heterocycles. The Bertz CT molecular complexity index is 231. The van der Waals surface area contributed by atoms with Crippen molar-refractivity contribution in [2.45, 2.75) is 0 Å². The van der Waals surface area contributed by atoms with E-state index in [1.807, 2.05) is 0 Å². The molecule has 11 heavy (non-hydrogen) atoms. The zero-order chi connectivity index (χ0) is 8.10. The van der Waals surface area contributed by atoms with Crippen LogP contribution in [-0.2, 0) is 0 Å². The summed E-state index contributed by atoms with van der Waals surface area (Å²) in [6.45, 7) is 0.467. The number of thiol groups is 1. The maximum Gasteiger partial charge on any atom is 0.145 e. The Kier molecular flexibility index (Phi) is 3.16. The average Bonchev–Trinajstić information content (AvgIpc) is 2.01. The molecule has 0 saturated heterocycles. The molecule has 0 saturated carbocycles. The Morgan fingerprint density at radius 3 is 3.00 bits per heavy atom. The zero-order valence-corrected chi connectivity index (χ0v) is 6.72. The average molecular weight is 173 g/mol. The predicted molar refractivity (Wildman–Crippen MR) is 43.5 cm³/mol. The lowest BCUT2D eigenvalue weighted by molar-refractivity contribution is 0.340. The van der Waals surface area contributed by atoms with Crippen molar-refractivity contribution in [3.05, 3.63) is 24.3 Å². The molecular formula is C7H8FNOS. The van der Waals surface area contributed by atoms with Gasteiger partial charge < -0.3 is 4.74 Å². The largest absolute Gasteiger partial charge is 0.491 e. The highest BCUT2D eigenvalue weighted by molar-refractivity contribution is 7.80. The molecule has 0 N–H and O–H groups in total. The minimum absolute atomic E-state index is 0.387. The molecule has 0 atom stereocenters. The zero-order valence-electron chi connectivity index (χ0n) is 5.83. The lowest BCUT2D eigenvalue weighted by atomic mass is 10.4. The molecule has 1 aromatic heterocycles.